The number of halogens is 1. The number of aryl methyl sites for hydroxylation is 1. The lowest BCUT2D eigenvalue weighted by atomic mass is 10.0. The van der Waals surface area contributed by atoms with Crippen molar-refractivity contribution in [3.8, 4) is 22.5 Å². The van der Waals surface area contributed by atoms with Gasteiger partial charge in [0, 0.05) is 17.3 Å². The van der Waals surface area contributed by atoms with E-state index in [1.165, 1.54) is 18.5 Å². The molecule has 0 radical (unpaired) electrons. The van der Waals surface area contributed by atoms with Crippen LogP contribution in [0.1, 0.15) is 19.6 Å². The van der Waals surface area contributed by atoms with Gasteiger partial charge in [-0.3, -0.25) is 4.68 Å². The van der Waals surface area contributed by atoms with Crippen molar-refractivity contribution in [3.63, 3.8) is 0 Å². The summed E-state index contributed by atoms with van der Waals surface area (Å²) in [6, 6.07) is 8.02. The summed E-state index contributed by atoms with van der Waals surface area (Å²) in [4.78, 5) is 8.62. The minimum atomic E-state index is -0.934. The fourth-order valence-corrected chi connectivity index (χ4v) is 3.08. The number of rotatable bonds is 4. The minimum absolute atomic E-state index is 0.305. The zero-order valence-electron chi connectivity index (χ0n) is 15.3. The zero-order valence-corrected chi connectivity index (χ0v) is 15.3. The molecule has 0 saturated carbocycles. The first-order valence-electron chi connectivity index (χ1n) is 8.57. The fraction of sp³-hybridized carbons (Fsp3) is 0.250. The molecule has 3 heterocycles. The molecule has 0 bridgehead atoms. The molecule has 7 heteroatoms. The molecule has 1 aromatic carbocycles. The topological polar surface area (TPSA) is 77.0 Å². The molecule has 0 fully saturated rings. The van der Waals surface area contributed by atoms with Gasteiger partial charge in [0.15, 0.2) is 0 Å². The smallest absolute Gasteiger partial charge is 0.229 e. The second-order valence-corrected chi connectivity index (χ2v) is 7.21. The van der Waals surface area contributed by atoms with Crippen molar-refractivity contribution in [2.75, 3.05) is 0 Å². The largest absolute Gasteiger partial charge is 0.443 e. The molecule has 1 N–H and O–H groups in total. The first kappa shape index (κ1) is 17.4. The molecule has 27 heavy (non-hydrogen) atoms. The molecule has 3 aromatic heterocycles. The maximum atomic E-state index is 13.4. The highest BCUT2D eigenvalue weighted by Crippen LogP contribution is 2.34. The standard InChI is InChI=1S/C20H19FN4O2/c1-12-8-15-18(22-11-23-19(15)27-12)16-9-25(10-20(2,3)26)24-17(16)13-4-6-14(21)7-5-13/h4-9,11,26H,10H2,1-3H3. The summed E-state index contributed by atoms with van der Waals surface area (Å²) in [5, 5.41) is 15.6. The van der Waals surface area contributed by atoms with Gasteiger partial charge in [-0.1, -0.05) is 0 Å². The van der Waals surface area contributed by atoms with E-state index in [0.29, 0.717) is 23.6 Å². The highest BCUT2D eigenvalue weighted by atomic mass is 19.1. The Bertz CT molecular complexity index is 1110. The van der Waals surface area contributed by atoms with Crippen LogP contribution >= 0.6 is 0 Å². The SMILES string of the molecule is Cc1cc2c(-c3cn(CC(C)(C)O)nc3-c3ccc(F)cc3)ncnc2o1. The highest BCUT2D eigenvalue weighted by molar-refractivity contribution is 5.94. The monoisotopic (exact) mass is 366 g/mol. The Hall–Kier alpha value is -3.06. The van der Waals surface area contributed by atoms with Crippen LogP contribution in [0.15, 0.2) is 47.3 Å². The van der Waals surface area contributed by atoms with Gasteiger partial charge in [-0.05, 0) is 51.1 Å². The maximum absolute atomic E-state index is 13.4. The lowest BCUT2D eigenvalue weighted by Crippen LogP contribution is -2.26. The summed E-state index contributed by atoms with van der Waals surface area (Å²) in [6.45, 7) is 5.59. The van der Waals surface area contributed by atoms with Crippen LogP contribution in [0.2, 0.25) is 0 Å². The lowest BCUT2D eigenvalue weighted by Gasteiger charge is -2.16. The first-order valence-corrected chi connectivity index (χ1v) is 8.57. The van der Waals surface area contributed by atoms with E-state index in [2.05, 4.69) is 15.1 Å². The average Bonchev–Trinajstić information content (AvgIpc) is 3.16. The molecule has 0 unspecified atom stereocenters. The van der Waals surface area contributed by atoms with Gasteiger partial charge < -0.3 is 9.52 Å². The summed E-state index contributed by atoms with van der Waals surface area (Å²) >= 11 is 0. The van der Waals surface area contributed by atoms with E-state index in [1.54, 1.807) is 30.7 Å². The molecule has 0 spiro atoms. The molecule has 0 aliphatic rings. The molecule has 0 aliphatic carbocycles. The number of hydrogen-bond donors (Lipinski definition) is 1. The first-order chi connectivity index (χ1) is 12.8. The van der Waals surface area contributed by atoms with Crippen LogP contribution in [0.3, 0.4) is 0 Å². The van der Waals surface area contributed by atoms with Gasteiger partial charge >= 0.3 is 0 Å². The summed E-state index contributed by atoms with van der Waals surface area (Å²) in [7, 11) is 0. The quantitative estimate of drug-likeness (QED) is 0.591. The van der Waals surface area contributed by atoms with Crippen molar-refractivity contribution < 1.29 is 13.9 Å². The molecule has 138 valence electrons. The molecule has 4 aromatic rings. The second kappa shape index (κ2) is 6.28. The molecule has 6 nitrogen and oxygen atoms in total. The van der Waals surface area contributed by atoms with E-state index in [9.17, 15) is 9.50 Å². The van der Waals surface area contributed by atoms with E-state index in [1.807, 2.05) is 19.2 Å². The van der Waals surface area contributed by atoms with Crippen LogP contribution in [0.4, 0.5) is 4.39 Å². The highest BCUT2D eigenvalue weighted by Gasteiger charge is 2.21. The molecular formula is C20H19FN4O2. The Balaban J connectivity index is 1.93. The Labute approximate surface area is 155 Å². The molecule has 0 aliphatic heterocycles. The second-order valence-electron chi connectivity index (χ2n) is 7.21. The van der Waals surface area contributed by atoms with Crippen molar-refractivity contribution in [1.82, 2.24) is 19.7 Å². The maximum Gasteiger partial charge on any atom is 0.229 e. The number of furan rings is 1. The van der Waals surface area contributed by atoms with E-state index in [4.69, 9.17) is 4.42 Å². The summed E-state index contributed by atoms with van der Waals surface area (Å²) in [5.74, 6) is 0.421. The summed E-state index contributed by atoms with van der Waals surface area (Å²) in [6.07, 6.45) is 3.28. The zero-order chi connectivity index (χ0) is 19.2. The Morgan fingerprint density at radius 3 is 2.59 bits per heavy atom. The van der Waals surface area contributed by atoms with Gasteiger partial charge in [-0.25, -0.2) is 14.4 Å². The third-order valence-electron chi connectivity index (χ3n) is 4.14. The van der Waals surface area contributed by atoms with Crippen molar-refractivity contribution >= 4 is 11.1 Å². The Morgan fingerprint density at radius 2 is 1.89 bits per heavy atom. The predicted octanol–water partition coefficient (Wildman–Crippen LogP) is 3.97. The van der Waals surface area contributed by atoms with Gasteiger partial charge in [0.1, 0.15) is 23.6 Å². The van der Waals surface area contributed by atoms with Crippen LogP contribution in [-0.2, 0) is 6.54 Å². The third kappa shape index (κ3) is 3.46. The van der Waals surface area contributed by atoms with Crippen molar-refractivity contribution in [2.24, 2.45) is 0 Å². The normalized spacial score (nSPS) is 12.0. The molecular weight excluding hydrogens is 347 g/mol. The van der Waals surface area contributed by atoms with Crippen molar-refractivity contribution in [3.05, 3.63) is 54.4 Å². The number of fused-ring (bicyclic) bond motifs is 1. The van der Waals surface area contributed by atoms with Crippen LogP contribution in [0.25, 0.3) is 33.6 Å². The van der Waals surface area contributed by atoms with Gasteiger partial charge in [-0.15, -0.1) is 0 Å². The van der Waals surface area contributed by atoms with Gasteiger partial charge in [0.05, 0.1) is 23.2 Å². The van der Waals surface area contributed by atoms with Crippen LogP contribution in [0.5, 0.6) is 0 Å². The lowest BCUT2D eigenvalue weighted by molar-refractivity contribution is 0.0578. The summed E-state index contributed by atoms with van der Waals surface area (Å²) < 4.78 is 20.7. The van der Waals surface area contributed by atoms with Gasteiger partial charge in [-0.2, -0.15) is 5.10 Å². The van der Waals surface area contributed by atoms with E-state index in [0.717, 1.165) is 22.3 Å². The molecule has 0 saturated heterocycles. The number of benzene rings is 1. The fourth-order valence-electron chi connectivity index (χ4n) is 3.08. The van der Waals surface area contributed by atoms with Crippen molar-refractivity contribution in [2.45, 2.75) is 32.9 Å². The van der Waals surface area contributed by atoms with Crippen molar-refractivity contribution in [1.29, 1.82) is 0 Å². The molecule has 0 atom stereocenters. The van der Waals surface area contributed by atoms with Crippen LogP contribution in [0, 0.1) is 12.7 Å². The molecule has 4 rings (SSSR count). The molecule has 0 amide bonds. The summed E-state index contributed by atoms with van der Waals surface area (Å²) in [5.41, 5.74) is 2.41. The Morgan fingerprint density at radius 1 is 1.15 bits per heavy atom. The number of aliphatic hydroxyl groups is 1. The van der Waals surface area contributed by atoms with E-state index < -0.39 is 5.60 Å². The number of hydrogen-bond acceptors (Lipinski definition) is 5. The minimum Gasteiger partial charge on any atom is -0.443 e. The van der Waals surface area contributed by atoms with Crippen LogP contribution < -0.4 is 0 Å². The number of aromatic nitrogens is 4. The van der Waals surface area contributed by atoms with E-state index >= 15 is 0 Å². The van der Waals surface area contributed by atoms with Crippen LogP contribution in [-0.4, -0.2) is 30.5 Å². The van der Waals surface area contributed by atoms with Gasteiger partial charge in [0.2, 0.25) is 5.71 Å². The Kier molecular flexibility index (Phi) is 4.04. The van der Waals surface area contributed by atoms with E-state index in [-0.39, 0.29) is 5.82 Å². The third-order valence-corrected chi connectivity index (χ3v) is 4.14. The average molecular weight is 366 g/mol. The van der Waals surface area contributed by atoms with Gasteiger partial charge in [0.25, 0.3) is 0 Å². The predicted molar refractivity (Wildman–Crippen MR) is 99.5 cm³/mol. The number of nitrogens with zero attached hydrogens (tertiary/aromatic N) is 4.